The smallest absolute Gasteiger partial charge is 0.0733 e. The third kappa shape index (κ3) is 1.56. The van der Waals surface area contributed by atoms with Gasteiger partial charge in [-0.25, -0.2) is 0 Å². The number of rotatable bonds is 0. The van der Waals surface area contributed by atoms with Gasteiger partial charge in [0.1, 0.15) is 0 Å². The van der Waals surface area contributed by atoms with Gasteiger partial charge >= 0.3 is 0 Å². The molecule has 1 nitrogen and oxygen atoms in total. The lowest BCUT2D eigenvalue weighted by atomic mass is 10.2. The van der Waals surface area contributed by atoms with Gasteiger partial charge in [0.2, 0.25) is 0 Å². The number of fused-ring (bicyclic) bond motifs is 1. The molecule has 0 aliphatic carbocycles. The fraction of sp³-hybridized carbons (Fsp3) is 0.100. The Morgan fingerprint density at radius 2 is 1.71 bits per heavy atom. The Morgan fingerprint density at radius 1 is 1.07 bits per heavy atom. The van der Waals surface area contributed by atoms with E-state index in [-0.39, 0.29) is 0 Å². The molecule has 0 aliphatic rings. The van der Waals surface area contributed by atoms with Gasteiger partial charge in [0, 0.05) is 11.6 Å². The minimum Gasteiger partial charge on any atom is -0.256 e. The van der Waals surface area contributed by atoms with Gasteiger partial charge in [-0.05, 0) is 24.6 Å². The van der Waals surface area contributed by atoms with Crippen molar-refractivity contribution in [3.8, 4) is 0 Å². The normalized spacial score (nSPS) is 10.9. The van der Waals surface area contributed by atoms with Gasteiger partial charge in [-0.1, -0.05) is 34.8 Å². The summed E-state index contributed by atoms with van der Waals surface area (Å²) in [6, 6.07) is 3.45. The highest BCUT2D eigenvalue weighted by Gasteiger charge is 2.06. The van der Waals surface area contributed by atoms with E-state index in [0.29, 0.717) is 15.1 Å². The Balaban J connectivity index is 2.89. The SMILES string of the molecule is Cc1cnc2cc(Cl)c(Cl)cc2c1Cl. The van der Waals surface area contributed by atoms with Crippen LogP contribution in [0.1, 0.15) is 5.56 Å². The van der Waals surface area contributed by atoms with Crippen molar-refractivity contribution in [3.05, 3.63) is 39.0 Å². The second-order valence-electron chi connectivity index (χ2n) is 3.04. The Labute approximate surface area is 96.6 Å². The quantitative estimate of drug-likeness (QED) is 0.667. The van der Waals surface area contributed by atoms with Crippen LogP contribution in [0.3, 0.4) is 0 Å². The number of hydrogen-bond donors (Lipinski definition) is 0. The molecule has 4 heteroatoms. The third-order valence-electron chi connectivity index (χ3n) is 2.02. The average Bonchev–Trinajstić information content (AvgIpc) is 2.15. The molecule has 2 aromatic rings. The van der Waals surface area contributed by atoms with Gasteiger partial charge in [0.05, 0.1) is 20.6 Å². The number of aryl methyl sites for hydroxylation is 1. The van der Waals surface area contributed by atoms with E-state index in [0.717, 1.165) is 16.5 Å². The van der Waals surface area contributed by atoms with Gasteiger partial charge in [0.15, 0.2) is 0 Å². The van der Waals surface area contributed by atoms with E-state index >= 15 is 0 Å². The highest BCUT2D eigenvalue weighted by molar-refractivity contribution is 6.43. The highest BCUT2D eigenvalue weighted by atomic mass is 35.5. The first-order chi connectivity index (χ1) is 6.59. The first kappa shape index (κ1) is 10.0. The molecule has 0 saturated heterocycles. The van der Waals surface area contributed by atoms with Crippen LogP contribution in [-0.4, -0.2) is 4.98 Å². The van der Waals surface area contributed by atoms with Gasteiger partial charge in [-0.15, -0.1) is 0 Å². The van der Waals surface area contributed by atoms with Crippen LogP contribution in [0.4, 0.5) is 0 Å². The Kier molecular flexibility index (Phi) is 2.56. The van der Waals surface area contributed by atoms with Crippen LogP contribution in [0.15, 0.2) is 18.3 Å². The molecule has 0 radical (unpaired) electrons. The van der Waals surface area contributed by atoms with E-state index in [2.05, 4.69) is 4.98 Å². The van der Waals surface area contributed by atoms with Crippen LogP contribution in [-0.2, 0) is 0 Å². The van der Waals surface area contributed by atoms with Crippen LogP contribution in [0.5, 0.6) is 0 Å². The summed E-state index contributed by atoms with van der Waals surface area (Å²) in [5.41, 5.74) is 1.69. The summed E-state index contributed by atoms with van der Waals surface area (Å²) < 4.78 is 0. The summed E-state index contributed by atoms with van der Waals surface area (Å²) >= 11 is 17.9. The molecule has 14 heavy (non-hydrogen) atoms. The van der Waals surface area contributed by atoms with E-state index < -0.39 is 0 Å². The minimum atomic E-state index is 0.492. The second kappa shape index (κ2) is 3.58. The molecule has 2 rings (SSSR count). The van der Waals surface area contributed by atoms with Crippen molar-refractivity contribution < 1.29 is 0 Å². The average molecular weight is 247 g/mol. The van der Waals surface area contributed by atoms with Gasteiger partial charge in [0.25, 0.3) is 0 Å². The molecule has 0 atom stereocenters. The monoisotopic (exact) mass is 245 g/mol. The summed E-state index contributed by atoms with van der Waals surface area (Å²) in [5, 5.41) is 2.50. The minimum absolute atomic E-state index is 0.492. The van der Waals surface area contributed by atoms with Gasteiger partial charge in [-0.3, -0.25) is 4.98 Å². The molecule has 0 saturated carbocycles. The van der Waals surface area contributed by atoms with Gasteiger partial charge < -0.3 is 0 Å². The van der Waals surface area contributed by atoms with Crippen LogP contribution < -0.4 is 0 Å². The number of benzene rings is 1. The number of nitrogens with zero attached hydrogens (tertiary/aromatic N) is 1. The molecule has 72 valence electrons. The summed E-state index contributed by atoms with van der Waals surface area (Å²) in [7, 11) is 0. The maximum absolute atomic E-state index is 6.11. The molecule has 0 unspecified atom stereocenters. The lowest BCUT2D eigenvalue weighted by Gasteiger charge is -2.04. The van der Waals surface area contributed by atoms with E-state index in [1.807, 2.05) is 6.92 Å². The van der Waals surface area contributed by atoms with E-state index in [9.17, 15) is 0 Å². The van der Waals surface area contributed by atoms with Crippen molar-refractivity contribution in [2.75, 3.05) is 0 Å². The van der Waals surface area contributed by atoms with E-state index in [1.54, 1.807) is 18.3 Å². The van der Waals surface area contributed by atoms with Crippen molar-refractivity contribution in [1.82, 2.24) is 4.98 Å². The van der Waals surface area contributed by atoms with Crippen LogP contribution in [0.25, 0.3) is 10.9 Å². The first-order valence-electron chi connectivity index (χ1n) is 3.99. The number of pyridine rings is 1. The first-order valence-corrected chi connectivity index (χ1v) is 5.13. The van der Waals surface area contributed by atoms with E-state index in [1.165, 1.54) is 0 Å². The summed E-state index contributed by atoms with van der Waals surface area (Å²) in [4.78, 5) is 4.22. The zero-order chi connectivity index (χ0) is 10.3. The Morgan fingerprint density at radius 3 is 2.43 bits per heavy atom. The molecule has 0 fully saturated rings. The maximum atomic E-state index is 6.11. The van der Waals surface area contributed by atoms with Crippen LogP contribution >= 0.6 is 34.8 Å². The van der Waals surface area contributed by atoms with Gasteiger partial charge in [-0.2, -0.15) is 0 Å². The largest absolute Gasteiger partial charge is 0.256 e. The summed E-state index contributed by atoms with van der Waals surface area (Å²) in [6.07, 6.45) is 1.72. The predicted octanol–water partition coefficient (Wildman–Crippen LogP) is 4.50. The topological polar surface area (TPSA) is 12.9 Å². The second-order valence-corrected chi connectivity index (χ2v) is 4.23. The lowest BCUT2D eigenvalue weighted by Crippen LogP contribution is -1.84. The Bertz CT molecular complexity index is 508. The number of aromatic nitrogens is 1. The molecule has 0 N–H and O–H groups in total. The molecule has 0 aliphatic heterocycles. The molecule has 0 spiro atoms. The molecule has 1 aromatic heterocycles. The van der Waals surface area contributed by atoms with Crippen molar-refractivity contribution in [1.29, 1.82) is 0 Å². The van der Waals surface area contributed by atoms with Crippen LogP contribution in [0, 0.1) is 6.92 Å². The lowest BCUT2D eigenvalue weighted by molar-refractivity contribution is 1.33. The van der Waals surface area contributed by atoms with Crippen molar-refractivity contribution >= 4 is 45.7 Å². The molecular weight excluding hydrogens is 240 g/mol. The van der Waals surface area contributed by atoms with Crippen molar-refractivity contribution in [2.45, 2.75) is 6.92 Å². The number of hydrogen-bond acceptors (Lipinski definition) is 1. The molecule has 1 aromatic carbocycles. The Hall–Kier alpha value is -0.500. The predicted molar refractivity (Wildman–Crippen MR) is 61.5 cm³/mol. The third-order valence-corrected chi connectivity index (χ3v) is 3.24. The zero-order valence-corrected chi connectivity index (χ0v) is 9.58. The summed E-state index contributed by atoms with van der Waals surface area (Å²) in [6.45, 7) is 1.90. The zero-order valence-electron chi connectivity index (χ0n) is 7.31. The maximum Gasteiger partial charge on any atom is 0.0733 e. The molecule has 1 heterocycles. The van der Waals surface area contributed by atoms with E-state index in [4.69, 9.17) is 34.8 Å². The molecule has 0 bridgehead atoms. The molecular formula is C10H6Cl3N. The van der Waals surface area contributed by atoms with Crippen LogP contribution in [0.2, 0.25) is 15.1 Å². The number of halogens is 3. The van der Waals surface area contributed by atoms with Crippen molar-refractivity contribution in [2.24, 2.45) is 0 Å². The standard InChI is InChI=1S/C10H6Cl3N/c1-5-4-14-9-3-8(12)7(11)2-6(9)10(5)13/h2-4H,1H3. The fourth-order valence-electron chi connectivity index (χ4n) is 1.25. The highest BCUT2D eigenvalue weighted by Crippen LogP contribution is 2.31. The summed E-state index contributed by atoms with van der Waals surface area (Å²) in [5.74, 6) is 0. The van der Waals surface area contributed by atoms with Crippen molar-refractivity contribution in [3.63, 3.8) is 0 Å². The molecule has 0 amide bonds. The fourth-order valence-corrected chi connectivity index (χ4v) is 1.78.